The van der Waals surface area contributed by atoms with E-state index < -0.39 is 24.4 Å². The molecule has 1 aliphatic rings. The van der Waals surface area contributed by atoms with Crippen LogP contribution < -0.4 is 15.0 Å². The molecule has 1 N–H and O–H groups in total. The fraction of sp³-hybridized carbons (Fsp3) is 0.318. The standard InChI is InChI=1S/C22H24N2O5/c1-14-5-4-6-19(15(14)2)24-12-16(11-21(24)26)22(27)29-13-20(25)23-17-7-9-18(28-3)10-8-17/h4-10,16H,11-13H2,1-3H3,(H,23,25)/t16-/m1/s1. The van der Waals surface area contributed by atoms with E-state index in [-0.39, 0.29) is 18.9 Å². The van der Waals surface area contributed by atoms with Crippen LogP contribution in [-0.2, 0) is 19.1 Å². The van der Waals surface area contributed by atoms with Crippen molar-refractivity contribution in [2.24, 2.45) is 5.92 Å². The van der Waals surface area contributed by atoms with Crippen LogP contribution >= 0.6 is 0 Å². The number of hydrogen-bond donors (Lipinski definition) is 1. The smallest absolute Gasteiger partial charge is 0.311 e. The molecule has 152 valence electrons. The molecule has 1 atom stereocenters. The first kappa shape index (κ1) is 20.4. The Morgan fingerprint density at radius 3 is 2.55 bits per heavy atom. The number of nitrogens with zero attached hydrogens (tertiary/aromatic N) is 1. The average molecular weight is 396 g/mol. The number of nitrogens with one attached hydrogen (secondary N) is 1. The molecule has 1 heterocycles. The maximum Gasteiger partial charge on any atom is 0.311 e. The summed E-state index contributed by atoms with van der Waals surface area (Å²) in [6, 6.07) is 12.6. The highest BCUT2D eigenvalue weighted by molar-refractivity contribution is 6.00. The first-order chi connectivity index (χ1) is 13.9. The van der Waals surface area contributed by atoms with Crippen LogP contribution in [0.1, 0.15) is 17.5 Å². The monoisotopic (exact) mass is 396 g/mol. The second kappa shape index (κ2) is 8.77. The molecule has 1 fully saturated rings. The molecule has 0 spiro atoms. The van der Waals surface area contributed by atoms with Crippen LogP contribution in [0.4, 0.5) is 11.4 Å². The summed E-state index contributed by atoms with van der Waals surface area (Å²) < 4.78 is 10.2. The number of carbonyl (C=O) groups excluding carboxylic acids is 3. The van der Waals surface area contributed by atoms with Gasteiger partial charge < -0.3 is 19.7 Å². The van der Waals surface area contributed by atoms with Crippen molar-refractivity contribution in [3.8, 4) is 5.75 Å². The highest BCUT2D eigenvalue weighted by Gasteiger charge is 2.37. The van der Waals surface area contributed by atoms with Gasteiger partial charge in [0.25, 0.3) is 5.91 Å². The van der Waals surface area contributed by atoms with E-state index in [1.54, 1.807) is 36.3 Å². The minimum absolute atomic E-state index is 0.0757. The third-order valence-corrected chi connectivity index (χ3v) is 5.04. The summed E-state index contributed by atoms with van der Waals surface area (Å²) in [6.07, 6.45) is 0.0757. The first-order valence-electron chi connectivity index (χ1n) is 9.36. The van der Waals surface area contributed by atoms with Gasteiger partial charge >= 0.3 is 5.97 Å². The summed E-state index contributed by atoms with van der Waals surface area (Å²) in [5.74, 6) is -1.02. The van der Waals surface area contributed by atoms with E-state index in [1.165, 1.54) is 0 Å². The van der Waals surface area contributed by atoms with Crippen LogP contribution in [0.2, 0.25) is 0 Å². The van der Waals surface area contributed by atoms with Crippen LogP contribution in [0.25, 0.3) is 0 Å². The van der Waals surface area contributed by atoms with Crippen molar-refractivity contribution in [1.29, 1.82) is 0 Å². The molecule has 0 unspecified atom stereocenters. The summed E-state index contributed by atoms with van der Waals surface area (Å²) in [4.78, 5) is 38.4. The highest BCUT2D eigenvalue weighted by Crippen LogP contribution is 2.29. The van der Waals surface area contributed by atoms with Gasteiger partial charge in [-0.3, -0.25) is 14.4 Å². The van der Waals surface area contributed by atoms with Crippen molar-refractivity contribution < 1.29 is 23.9 Å². The molecule has 0 aromatic heterocycles. The van der Waals surface area contributed by atoms with Gasteiger partial charge in [-0.25, -0.2) is 0 Å². The highest BCUT2D eigenvalue weighted by atomic mass is 16.5. The Bertz CT molecular complexity index is 923. The normalized spacial score (nSPS) is 15.9. The number of rotatable bonds is 6. The second-order valence-electron chi connectivity index (χ2n) is 7.01. The molecule has 2 amide bonds. The van der Waals surface area contributed by atoms with Crippen LogP contribution in [0.15, 0.2) is 42.5 Å². The molecular formula is C22H24N2O5. The Morgan fingerprint density at radius 2 is 1.86 bits per heavy atom. The quantitative estimate of drug-likeness (QED) is 0.759. The van der Waals surface area contributed by atoms with E-state index in [0.29, 0.717) is 11.4 Å². The van der Waals surface area contributed by atoms with Gasteiger partial charge in [0, 0.05) is 24.3 Å². The van der Waals surface area contributed by atoms with Crippen molar-refractivity contribution in [2.75, 3.05) is 30.5 Å². The number of anilines is 2. The maximum absolute atomic E-state index is 12.4. The van der Waals surface area contributed by atoms with E-state index in [1.807, 2.05) is 32.0 Å². The largest absolute Gasteiger partial charge is 0.497 e. The third-order valence-electron chi connectivity index (χ3n) is 5.04. The van der Waals surface area contributed by atoms with Gasteiger partial charge in [-0.05, 0) is 55.3 Å². The van der Waals surface area contributed by atoms with Gasteiger partial charge in [0.15, 0.2) is 6.61 Å². The fourth-order valence-electron chi connectivity index (χ4n) is 3.25. The predicted molar refractivity (Wildman–Crippen MR) is 109 cm³/mol. The fourth-order valence-corrected chi connectivity index (χ4v) is 3.25. The molecule has 7 nitrogen and oxygen atoms in total. The minimum Gasteiger partial charge on any atom is -0.497 e. The molecule has 2 aromatic rings. The Morgan fingerprint density at radius 1 is 1.14 bits per heavy atom. The summed E-state index contributed by atoms with van der Waals surface area (Å²) in [7, 11) is 1.56. The molecular weight excluding hydrogens is 372 g/mol. The summed E-state index contributed by atoms with van der Waals surface area (Å²) in [6.45, 7) is 3.78. The number of benzene rings is 2. The SMILES string of the molecule is COc1ccc(NC(=O)COC(=O)[C@@H]2CC(=O)N(c3cccc(C)c3C)C2)cc1. The van der Waals surface area contributed by atoms with Gasteiger partial charge in [-0.1, -0.05) is 12.1 Å². The van der Waals surface area contributed by atoms with Crippen molar-refractivity contribution in [3.63, 3.8) is 0 Å². The Balaban J connectivity index is 1.53. The van der Waals surface area contributed by atoms with E-state index in [2.05, 4.69) is 5.32 Å². The van der Waals surface area contributed by atoms with Crippen LogP contribution in [0.5, 0.6) is 5.75 Å². The van der Waals surface area contributed by atoms with E-state index >= 15 is 0 Å². The topological polar surface area (TPSA) is 84.9 Å². The minimum atomic E-state index is -0.587. The zero-order valence-corrected chi connectivity index (χ0v) is 16.7. The van der Waals surface area contributed by atoms with Gasteiger partial charge in [-0.2, -0.15) is 0 Å². The number of methoxy groups -OCH3 is 1. The maximum atomic E-state index is 12.4. The number of carbonyl (C=O) groups is 3. The van der Waals surface area contributed by atoms with Crippen molar-refractivity contribution in [2.45, 2.75) is 20.3 Å². The second-order valence-corrected chi connectivity index (χ2v) is 7.01. The lowest BCUT2D eigenvalue weighted by Crippen LogP contribution is -2.28. The Labute approximate surface area is 169 Å². The van der Waals surface area contributed by atoms with Crippen molar-refractivity contribution in [3.05, 3.63) is 53.6 Å². The van der Waals surface area contributed by atoms with Gasteiger partial charge in [0.05, 0.1) is 13.0 Å². The van der Waals surface area contributed by atoms with Crippen molar-refractivity contribution in [1.82, 2.24) is 0 Å². The molecule has 0 radical (unpaired) electrons. The van der Waals surface area contributed by atoms with Gasteiger partial charge in [0.2, 0.25) is 5.91 Å². The molecule has 29 heavy (non-hydrogen) atoms. The molecule has 3 rings (SSSR count). The number of aryl methyl sites for hydroxylation is 1. The number of amides is 2. The van der Waals surface area contributed by atoms with E-state index in [0.717, 1.165) is 16.8 Å². The predicted octanol–water partition coefficient (Wildman–Crippen LogP) is 2.85. The van der Waals surface area contributed by atoms with Crippen LogP contribution in [-0.4, -0.2) is 38.0 Å². The number of ether oxygens (including phenoxy) is 2. The average Bonchev–Trinajstić information content (AvgIpc) is 3.10. The van der Waals surface area contributed by atoms with Crippen molar-refractivity contribution >= 4 is 29.2 Å². The molecule has 0 bridgehead atoms. The van der Waals surface area contributed by atoms with E-state index in [9.17, 15) is 14.4 Å². The third kappa shape index (κ3) is 4.74. The summed E-state index contributed by atoms with van der Waals surface area (Å²) in [5.41, 5.74) is 3.47. The number of esters is 1. The first-order valence-corrected chi connectivity index (χ1v) is 9.36. The lowest BCUT2D eigenvalue weighted by Gasteiger charge is -2.20. The Hall–Kier alpha value is -3.35. The zero-order chi connectivity index (χ0) is 21.0. The molecule has 0 saturated carbocycles. The van der Waals surface area contributed by atoms with Gasteiger partial charge in [-0.15, -0.1) is 0 Å². The lowest BCUT2D eigenvalue weighted by molar-refractivity contribution is -0.151. The van der Waals surface area contributed by atoms with Crippen LogP contribution in [0, 0.1) is 19.8 Å². The summed E-state index contributed by atoms with van der Waals surface area (Å²) in [5, 5.41) is 2.65. The molecule has 7 heteroatoms. The lowest BCUT2D eigenvalue weighted by atomic mass is 10.1. The Kier molecular flexibility index (Phi) is 6.16. The zero-order valence-electron chi connectivity index (χ0n) is 16.7. The molecule has 2 aromatic carbocycles. The van der Waals surface area contributed by atoms with Crippen LogP contribution in [0.3, 0.4) is 0 Å². The number of hydrogen-bond acceptors (Lipinski definition) is 5. The summed E-state index contributed by atoms with van der Waals surface area (Å²) >= 11 is 0. The molecule has 1 aliphatic heterocycles. The van der Waals surface area contributed by atoms with Gasteiger partial charge in [0.1, 0.15) is 5.75 Å². The van der Waals surface area contributed by atoms with E-state index in [4.69, 9.17) is 9.47 Å². The molecule has 0 aliphatic carbocycles. The molecule has 1 saturated heterocycles.